The van der Waals surface area contributed by atoms with Gasteiger partial charge in [-0.3, -0.25) is 14.1 Å². The van der Waals surface area contributed by atoms with Crippen molar-refractivity contribution in [2.45, 2.75) is 25.9 Å². The van der Waals surface area contributed by atoms with Crippen LogP contribution < -0.4 is 5.56 Å². The molecule has 0 radical (unpaired) electrons. The summed E-state index contributed by atoms with van der Waals surface area (Å²) in [5.41, 5.74) is 0.848. The van der Waals surface area contributed by atoms with Gasteiger partial charge in [-0.2, -0.15) is 0 Å². The summed E-state index contributed by atoms with van der Waals surface area (Å²) < 4.78 is 2.34. The van der Waals surface area contributed by atoms with Crippen molar-refractivity contribution >= 4 is 21.6 Å². The average molecular weight is 340 g/mol. The van der Waals surface area contributed by atoms with Crippen LogP contribution >= 0.6 is 15.9 Å². The third kappa shape index (κ3) is 3.08. The molecule has 6 heteroatoms. The van der Waals surface area contributed by atoms with E-state index in [9.17, 15) is 9.90 Å². The predicted molar refractivity (Wildman–Crippen MR) is 81.8 cm³/mol. The molecule has 2 rings (SSSR count). The summed E-state index contributed by atoms with van der Waals surface area (Å²) in [4.78, 5) is 18.5. The lowest BCUT2D eigenvalue weighted by molar-refractivity contribution is 0.0724. The van der Waals surface area contributed by atoms with Gasteiger partial charge in [0.15, 0.2) is 0 Å². The molecule has 0 saturated carbocycles. The van der Waals surface area contributed by atoms with Gasteiger partial charge < -0.3 is 5.11 Å². The number of rotatable bonds is 4. The number of likely N-dealkylation sites (N-methyl/N-ethyl adjacent to an activating group) is 1. The highest BCUT2D eigenvalue weighted by Gasteiger charge is 2.22. The fourth-order valence-electron chi connectivity index (χ4n) is 1.78. The maximum Gasteiger partial charge on any atom is 0.258 e. The van der Waals surface area contributed by atoms with E-state index < -0.39 is 0 Å². The van der Waals surface area contributed by atoms with Crippen LogP contribution in [-0.4, -0.2) is 38.6 Å². The number of aliphatic hydroxyl groups is 1. The normalized spacial score (nSPS) is 12.3. The Morgan fingerprint density at radius 3 is 2.80 bits per heavy atom. The first-order chi connectivity index (χ1) is 9.33. The molecule has 5 nitrogen and oxygen atoms in total. The Balaban J connectivity index is 2.37. The number of fused-ring (bicyclic) bond motifs is 1. The molecule has 0 aliphatic heterocycles. The van der Waals surface area contributed by atoms with Crippen LogP contribution in [0.25, 0.3) is 5.65 Å². The summed E-state index contributed by atoms with van der Waals surface area (Å²) in [7, 11) is 1.90. The summed E-state index contributed by atoms with van der Waals surface area (Å²) in [6.07, 6.45) is 1.70. The van der Waals surface area contributed by atoms with E-state index in [2.05, 4.69) is 20.9 Å². The third-order valence-corrected chi connectivity index (χ3v) is 3.97. The van der Waals surface area contributed by atoms with Crippen LogP contribution in [0.1, 0.15) is 19.5 Å². The second-order valence-corrected chi connectivity index (χ2v) is 6.40. The van der Waals surface area contributed by atoms with E-state index in [4.69, 9.17) is 0 Å². The van der Waals surface area contributed by atoms with E-state index in [1.54, 1.807) is 12.3 Å². The SMILES string of the molecule is CN(Cc1cc(=O)n2cc(Br)ccc2n1)C(C)(C)CO. The molecule has 0 saturated heterocycles. The van der Waals surface area contributed by atoms with E-state index in [0.29, 0.717) is 17.9 Å². The van der Waals surface area contributed by atoms with Gasteiger partial charge in [0.1, 0.15) is 5.65 Å². The summed E-state index contributed by atoms with van der Waals surface area (Å²) in [6, 6.07) is 5.18. The summed E-state index contributed by atoms with van der Waals surface area (Å²) in [5.74, 6) is 0. The largest absolute Gasteiger partial charge is 0.394 e. The van der Waals surface area contributed by atoms with Gasteiger partial charge in [0.05, 0.1) is 12.3 Å². The highest BCUT2D eigenvalue weighted by atomic mass is 79.9. The fourth-order valence-corrected chi connectivity index (χ4v) is 2.12. The highest BCUT2D eigenvalue weighted by molar-refractivity contribution is 9.10. The van der Waals surface area contributed by atoms with Crippen molar-refractivity contribution in [3.8, 4) is 0 Å². The Morgan fingerprint density at radius 2 is 2.15 bits per heavy atom. The monoisotopic (exact) mass is 339 g/mol. The van der Waals surface area contributed by atoms with Crippen LogP contribution in [0.2, 0.25) is 0 Å². The van der Waals surface area contributed by atoms with E-state index >= 15 is 0 Å². The quantitative estimate of drug-likeness (QED) is 0.920. The van der Waals surface area contributed by atoms with Crippen LogP contribution in [-0.2, 0) is 6.54 Å². The van der Waals surface area contributed by atoms with Crippen LogP contribution in [0.4, 0.5) is 0 Å². The van der Waals surface area contributed by atoms with Crippen molar-refractivity contribution in [3.63, 3.8) is 0 Å². The summed E-state index contributed by atoms with van der Waals surface area (Å²) in [6.45, 7) is 4.44. The first-order valence-corrected chi connectivity index (χ1v) is 7.13. The molecule has 0 bridgehead atoms. The number of hydrogen-bond donors (Lipinski definition) is 1. The predicted octanol–water partition coefficient (Wildman–Crippen LogP) is 1.66. The minimum Gasteiger partial charge on any atom is -0.394 e. The van der Waals surface area contributed by atoms with Crippen LogP contribution in [0.3, 0.4) is 0 Å². The Bertz CT molecular complexity index is 682. The van der Waals surface area contributed by atoms with E-state index in [1.165, 1.54) is 10.5 Å². The second-order valence-electron chi connectivity index (χ2n) is 5.49. The Hall–Kier alpha value is -1.24. The molecule has 2 aromatic rings. The first-order valence-electron chi connectivity index (χ1n) is 6.33. The Kier molecular flexibility index (Phi) is 4.27. The van der Waals surface area contributed by atoms with Crippen molar-refractivity contribution in [3.05, 3.63) is 44.9 Å². The summed E-state index contributed by atoms with van der Waals surface area (Å²) >= 11 is 3.34. The molecule has 2 heterocycles. The van der Waals surface area contributed by atoms with Crippen LogP contribution in [0.5, 0.6) is 0 Å². The maximum atomic E-state index is 12.1. The van der Waals surface area contributed by atoms with Crippen molar-refractivity contribution in [2.24, 2.45) is 0 Å². The molecule has 0 atom stereocenters. The second kappa shape index (κ2) is 5.63. The standard InChI is InChI=1S/C14H18BrN3O2/c1-14(2,9-19)17(3)8-11-6-13(20)18-7-10(15)4-5-12(18)16-11/h4-7,19H,8-9H2,1-3H3. The zero-order valence-electron chi connectivity index (χ0n) is 11.8. The molecular formula is C14H18BrN3O2. The smallest absolute Gasteiger partial charge is 0.258 e. The third-order valence-electron chi connectivity index (χ3n) is 3.50. The van der Waals surface area contributed by atoms with E-state index in [1.807, 2.05) is 31.9 Å². The number of aliphatic hydroxyl groups excluding tert-OH is 1. The number of halogens is 1. The van der Waals surface area contributed by atoms with Crippen LogP contribution in [0.15, 0.2) is 33.7 Å². The number of aromatic nitrogens is 2. The molecule has 0 spiro atoms. The zero-order chi connectivity index (χ0) is 14.9. The molecule has 20 heavy (non-hydrogen) atoms. The highest BCUT2D eigenvalue weighted by Crippen LogP contribution is 2.14. The molecule has 108 valence electrons. The molecule has 0 aliphatic rings. The Labute approximate surface area is 126 Å². The van der Waals surface area contributed by atoms with Gasteiger partial charge in [0.2, 0.25) is 0 Å². The van der Waals surface area contributed by atoms with Crippen molar-refractivity contribution < 1.29 is 5.11 Å². The van der Waals surface area contributed by atoms with Gasteiger partial charge in [-0.05, 0) is 49.0 Å². The van der Waals surface area contributed by atoms with Crippen LogP contribution in [0, 0.1) is 0 Å². The molecule has 0 aliphatic carbocycles. The van der Waals surface area contributed by atoms with Crippen molar-refractivity contribution in [1.29, 1.82) is 0 Å². The zero-order valence-corrected chi connectivity index (χ0v) is 13.4. The lowest BCUT2D eigenvalue weighted by atomic mass is 10.1. The minimum atomic E-state index is -0.355. The maximum absolute atomic E-state index is 12.1. The van der Waals surface area contributed by atoms with E-state index in [0.717, 1.165) is 4.47 Å². The fraction of sp³-hybridized carbons (Fsp3) is 0.429. The van der Waals surface area contributed by atoms with Gasteiger partial charge in [0.25, 0.3) is 5.56 Å². The van der Waals surface area contributed by atoms with Gasteiger partial charge in [-0.15, -0.1) is 0 Å². The molecule has 1 N–H and O–H groups in total. The topological polar surface area (TPSA) is 57.8 Å². The van der Waals surface area contributed by atoms with Gasteiger partial charge in [-0.25, -0.2) is 4.98 Å². The molecule has 2 aromatic heterocycles. The van der Waals surface area contributed by atoms with Crippen molar-refractivity contribution in [2.75, 3.05) is 13.7 Å². The first kappa shape index (κ1) is 15.2. The summed E-state index contributed by atoms with van der Waals surface area (Å²) in [5, 5.41) is 9.37. The van der Waals surface area contributed by atoms with E-state index in [-0.39, 0.29) is 17.7 Å². The van der Waals surface area contributed by atoms with Gasteiger partial charge in [0, 0.05) is 28.8 Å². The number of hydrogen-bond acceptors (Lipinski definition) is 4. The average Bonchev–Trinajstić information content (AvgIpc) is 2.39. The van der Waals surface area contributed by atoms with Gasteiger partial charge >= 0.3 is 0 Å². The molecular weight excluding hydrogens is 322 g/mol. The molecule has 0 fully saturated rings. The number of pyridine rings is 1. The minimum absolute atomic E-state index is 0.0447. The Morgan fingerprint density at radius 1 is 1.45 bits per heavy atom. The molecule has 0 unspecified atom stereocenters. The van der Waals surface area contributed by atoms with Crippen molar-refractivity contribution in [1.82, 2.24) is 14.3 Å². The number of nitrogens with zero attached hydrogens (tertiary/aromatic N) is 3. The lowest BCUT2D eigenvalue weighted by Gasteiger charge is -2.33. The molecule has 0 amide bonds. The lowest BCUT2D eigenvalue weighted by Crippen LogP contribution is -2.44. The van der Waals surface area contributed by atoms with Gasteiger partial charge in [-0.1, -0.05) is 0 Å². The molecule has 0 aromatic carbocycles.